The van der Waals surface area contributed by atoms with Gasteiger partial charge in [0.05, 0.1) is 0 Å². The van der Waals surface area contributed by atoms with Crippen LogP contribution in [0.1, 0.15) is 40.0 Å². The first-order valence-electron chi connectivity index (χ1n) is 7.20. The van der Waals surface area contributed by atoms with Gasteiger partial charge in [-0.25, -0.2) is 0 Å². The van der Waals surface area contributed by atoms with Gasteiger partial charge in [0.15, 0.2) is 0 Å². The second-order valence-electron chi connectivity index (χ2n) is 5.78. The van der Waals surface area contributed by atoms with Gasteiger partial charge in [-0.2, -0.15) is 0 Å². The van der Waals surface area contributed by atoms with E-state index < -0.39 is 0 Å². The minimum Gasteiger partial charge on any atom is -0.382 e. The maximum absolute atomic E-state index is 11.1. The predicted molar refractivity (Wildman–Crippen MR) is 80.3 cm³/mol. The molecule has 0 saturated heterocycles. The largest absolute Gasteiger partial charge is 0.382 e. The number of rotatable bonds is 3. The van der Waals surface area contributed by atoms with Gasteiger partial charge in [-0.05, 0) is 36.5 Å². The highest BCUT2D eigenvalue weighted by Gasteiger charge is 2.26. The molecular formula is C16H24N2O. The zero-order valence-corrected chi connectivity index (χ0v) is 12.1. The Labute approximate surface area is 115 Å². The highest BCUT2D eigenvalue weighted by molar-refractivity contribution is 5.89. The van der Waals surface area contributed by atoms with Crippen LogP contribution in [0.15, 0.2) is 24.3 Å². The summed E-state index contributed by atoms with van der Waals surface area (Å²) in [5, 5.41) is 6.45. The molecular weight excluding hydrogens is 236 g/mol. The van der Waals surface area contributed by atoms with Crippen molar-refractivity contribution >= 4 is 17.3 Å². The smallest absolute Gasteiger partial charge is 0.221 e. The van der Waals surface area contributed by atoms with Crippen LogP contribution in [0.2, 0.25) is 0 Å². The minimum atomic E-state index is -0.0307. The van der Waals surface area contributed by atoms with Gasteiger partial charge >= 0.3 is 0 Å². The average Bonchev–Trinajstić information content (AvgIpc) is 2.35. The summed E-state index contributed by atoms with van der Waals surface area (Å²) in [5.41, 5.74) is 1.95. The van der Waals surface area contributed by atoms with Gasteiger partial charge in [-0.3, -0.25) is 4.79 Å². The number of carbonyl (C=O) groups is 1. The van der Waals surface area contributed by atoms with Crippen LogP contribution >= 0.6 is 0 Å². The molecule has 1 saturated carbocycles. The van der Waals surface area contributed by atoms with Crippen molar-refractivity contribution in [1.82, 2.24) is 0 Å². The molecule has 1 aliphatic rings. The van der Waals surface area contributed by atoms with E-state index in [1.165, 1.54) is 26.2 Å². The molecule has 3 heteroatoms. The summed E-state index contributed by atoms with van der Waals surface area (Å²) >= 11 is 0. The Morgan fingerprint density at radius 3 is 2.68 bits per heavy atom. The number of amides is 1. The van der Waals surface area contributed by atoms with E-state index in [1.54, 1.807) is 0 Å². The van der Waals surface area contributed by atoms with Crippen LogP contribution in [-0.4, -0.2) is 11.9 Å². The van der Waals surface area contributed by atoms with E-state index in [4.69, 9.17) is 0 Å². The Balaban J connectivity index is 2.04. The summed E-state index contributed by atoms with van der Waals surface area (Å²) < 4.78 is 0. The summed E-state index contributed by atoms with van der Waals surface area (Å²) in [6.45, 7) is 6.20. The number of nitrogens with one attached hydrogen (secondary N) is 2. The van der Waals surface area contributed by atoms with Crippen LogP contribution in [0.25, 0.3) is 0 Å². The number of carbonyl (C=O) groups excluding carboxylic acids is 1. The fourth-order valence-electron chi connectivity index (χ4n) is 2.89. The van der Waals surface area contributed by atoms with Crippen molar-refractivity contribution < 1.29 is 4.79 Å². The standard InChI is InChI=1S/C16H24N2O/c1-11-6-4-9-16(12(11)2)18-15-8-5-7-14(10-15)17-13(3)19/h5,7-8,10-12,16,18H,4,6,9H2,1-3H3,(H,17,19). The first kappa shape index (κ1) is 13.9. The van der Waals surface area contributed by atoms with Gasteiger partial charge in [-0.15, -0.1) is 0 Å². The van der Waals surface area contributed by atoms with Crippen LogP contribution in [0, 0.1) is 11.8 Å². The summed E-state index contributed by atoms with van der Waals surface area (Å²) in [4.78, 5) is 11.1. The van der Waals surface area contributed by atoms with Crippen molar-refractivity contribution in [2.75, 3.05) is 10.6 Å². The normalized spacial score (nSPS) is 26.8. The molecule has 2 N–H and O–H groups in total. The van der Waals surface area contributed by atoms with E-state index in [1.807, 2.05) is 18.2 Å². The van der Waals surface area contributed by atoms with Crippen molar-refractivity contribution in [1.29, 1.82) is 0 Å². The molecule has 0 bridgehead atoms. The lowest BCUT2D eigenvalue weighted by atomic mass is 9.78. The number of hydrogen-bond donors (Lipinski definition) is 2. The maximum Gasteiger partial charge on any atom is 0.221 e. The van der Waals surface area contributed by atoms with Gasteiger partial charge in [0, 0.05) is 24.3 Å². The van der Waals surface area contributed by atoms with Gasteiger partial charge in [-0.1, -0.05) is 32.8 Å². The van der Waals surface area contributed by atoms with Crippen LogP contribution in [0.5, 0.6) is 0 Å². The zero-order valence-electron chi connectivity index (χ0n) is 12.1. The first-order valence-corrected chi connectivity index (χ1v) is 7.20. The molecule has 1 amide bonds. The van der Waals surface area contributed by atoms with Crippen molar-refractivity contribution in [3.05, 3.63) is 24.3 Å². The summed E-state index contributed by atoms with van der Waals surface area (Å²) in [6.07, 6.45) is 3.87. The Morgan fingerprint density at radius 2 is 1.95 bits per heavy atom. The van der Waals surface area contributed by atoms with Gasteiger partial charge in [0.2, 0.25) is 5.91 Å². The molecule has 104 valence electrons. The number of benzene rings is 1. The molecule has 3 atom stereocenters. The zero-order chi connectivity index (χ0) is 13.8. The maximum atomic E-state index is 11.1. The van der Waals surface area contributed by atoms with Crippen LogP contribution < -0.4 is 10.6 Å². The SMILES string of the molecule is CC(=O)Nc1cccc(NC2CCCC(C)C2C)c1. The van der Waals surface area contributed by atoms with E-state index >= 15 is 0 Å². The predicted octanol–water partition coefficient (Wildman–Crippen LogP) is 3.88. The van der Waals surface area contributed by atoms with Crippen LogP contribution in [0.3, 0.4) is 0 Å². The molecule has 3 nitrogen and oxygen atoms in total. The van der Waals surface area contributed by atoms with Gasteiger partial charge in [0.25, 0.3) is 0 Å². The highest BCUT2D eigenvalue weighted by Crippen LogP contribution is 2.31. The molecule has 1 aromatic rings. The summed E-state index contributed by atoms with van der Waals surface area (Å²) in [6, 6.07) is 8.51. The molecule has 0 spiro atoms. The fourth-order valence-corrected chi connectivity index (χ4v) is 2.89. The summed E-state index contributed by atoms with van der Waals surface area (Å²) in [5.74, 6) is 1.44. The van der Waals surface area contributed by atoms with Crippen molar-refractivity contribution in [3.63, 3.8) is 0 Å². The number of hydrogen-bond acceptors (Lipinski definition) is 2. The van der Waals surface area contributed by atoms with E-state index in [9.17, 15) is 4.79 Å². The Kier molecular flexibility index (Phi) is 4.46. The van der Waals surface area contributed by atoms with E-state index in [2.05, 4.69) is 30.5 Å². The first-order chi connectivity index (χ1) is 9.06. The quantitative estimate of drug-likeness (QED) is 0.866. The molecule has 0 heterocycles. The van der Waals surface area contributed by atoms with Crippen molar-refractivity contribution in [3.8, 4) is 0 Å². The lowest BCUT2D eigenvalue weighted by Crippen LogP contribution is -2.34. The second-order valence-corrected chi connectivity index (χ2v) is 5.78. The van der Waals surface area contributed by atoms with Crippen molar-refractivity contribution in [2.24, 2.45) is 11.8 Å². The van der Waals surface area contributed by atoms with E-state index in [0.717, 1.165) is 17.3 Å². The Bertz CT molecular complexity index is 444. The number of anilines is 2. The third kappa shape index (κ3) is 3.72. The van der Waals surface area contributed by atoms with Gasteiger partial charge < -0.3 is 10.6 Å². The Hall–Kier alpha value is -1.51. The fraction of sp³-hybridized carbons (Fsp3) is 0.562. The minimum absolute atomic E-state index is 0.0307. The highest BCUT2D eigenvalue weighted by atomic mass is 16.1. The lowest BCUT2D eigenvalue weighted by molar-refractivity contribution is -0.114. The molecule has 3 unspecified atom stereocenters. The average molecular weight is 260 g/mol. The van der Waals surface area contributed by atoms with Crippen LogP contribution in [-0.2, 0) is 4.79 Å². The summed E-state index contributed by atoms with van der Waals surface area (Å²) in [7, 11) is 0. The molecule has 0 radical (unpaired) electrons. The monoisotopic (exact) mass is 260 g/mol. The third-order valence-corrected chi connectivity index (χ3v) is 4.24. The third-order valence-electron chi connectivity index (χ3n) is 4.24. The molecule has 0 aliphatic heterocycles. The van der Waals surface area contributed by atoms with Crippen molar-refractivity contribution in [2.45, 2.75) is 46.1 Å². The Morgan fingerprint density at radius 1 is 1.21 bits per heavy atom. The molecule has 2 rings (SSSR count). The van der Waals surface area contributed by atoms with E-state index in [-0.39, 0.29) is 5.91 Å². The van der Waals surface area contributed by atoms with Gasteiger partial charge in [0.1, 0.15) is 0 Å². The lowest BCUT2D eigenvalue weighted by Gasteiger charge is -2.35. The molecule has 0 aromatic heterocycles. The second kappa shape index (κ2) is 6.09. The van der Waals surface area contributed by atoms with E-state index in [0.29, 0.717) is 12.0 Å². The molecule has 1 aromatic carbocycles. The molecule has 19 heavy (non-hydrogen) atoms. The molecule has 1 fully saturated rings. The molecule has 1 aliphatic carbocycles. The topological polar surface area (TPSA) is 41.1 Å². The van der Waals surface area contributed by atoms with Crippen LogP contribution in [0.4, 0.5) is 11.4 Å².